The van der Waals surface area contributed by atoms with E-state index < -0.39 is 0 Å². The van der Waals surface area contributed by atoms with E-state index in [-0.39, 0.29) is 0 Å². The minimum absolute atomic E-state index is 0.794. The van der Waals surface area contributed by atoms with Crippen LogP contribution in [0.15, 0.2) is 12.7 Å². The molecule has 1 aliphatic rings. The third kappa shape index (κ3) is 4.85. The molecule has 0 nitrogen and oxygen atoms in total. The van der Waals surface area contributed by atoms with Crippen molar-refractivity contribution in [3.63, 3.8) is 0 Å². The zero-order valence-corrected chi connectivity index (χ0v) is 12.3. The molecule has 0 aromatic rings. The van der Waals surface area contributed by atoms with Gasteiger partial charge in [-0.1, -0.05) is 59.0 Å². The average molecular weight is 236 g/mol. The van der Waals surface area contributed by atoms with Crippen molar-refractivity contribution in [2.75, 3.05) is 0 Å². The van der Waals surface area contributed by atoms with E-state index in [1.54, 1.807) is 0 Å². The highest BCUT2D eigenvalue weighted by atomic mass is 14.5. The van der Waals surface area contributed by atoms with Crippen LogP contribution in [0, 0.1) is 23.7 Å². The highest BCUT2D eigenvalue weighted by molar-refractivity contribution is 4.96. The fourth-order valence-electron chi connectivity index (χ4n) is 3.27. The molecule has 0 heterocycles. The zero-order valence-electron chi connectivity index (χ0n) is 12.3. The van der Waals surface area contributed by atoms with Crippen molar-refractivity contribution >= 4 is 0 Å². The first-order valence-electron chi connectivity index (χ1n) is 7.87. The first kappa shape index (κ1) is 14.8. The van der Waals surface area contributed by atoms with Crippen LogP contribution in [0.2, 0.25) is 0 Å². The van der Waals surface area contributed by atoms with Gasteiger partial charge in [0.2, 0.25) is 0 Å². The molecule has 1 rings (SSSR count). The Bertz CT molecular complexity index is 206. The van der Waals surface area contributed by atoms with Gasteiger partial charge in [-0.2, -0.15) is 0 Å². The molecule has 0 aromatic carbocycles. The maximum absolute atomic E-state index is 4.10. The molecule has 0 radical (unpaired) electrons. The Kier molecular flexibility index (Phi) is 6.92. The summed E-state index contributed by atoms with van der Waals surface area (Å²) in [5.41, 5.74) is 0. The molecule has 0 heteroatoms. The molecule has 0 saturated heterocycles. The number of hydrogen-bond acceptors (Lipinski definition) is 0. The van der Waals surface area contributed by atoms with Crippen molar-refractivity contribution in [1.82, 2.24) is 0 Å². The standard InChI is InChI=1S/C17H32/c1-5-8-10-11-15(7-3)16(12-9-6-2)17-13-14(17)4/h7,14-17H,3,5-6,8-13H2,1-2,4H3. The van der Waals surface area contributed by atoms with Gasteiger partial charge in [-0.15, -0.1) is 6.58 Å². The predicted molar refractivity (Wildman–Crippen MR) is 78.1 cm³/mol. The number of hydrogen-bond donors (Lipinski definition) is 0. The molecule has 1 fully saturated rings. The van der Waals surface area contributed by atoms with Crippen molar-refractivity contribution in [3.05, 3.63) is 12.7 Å². The molecular formula is C17H32. The molecule has 1 saturated carbocycles. The van der Waals surface area contributed by atoms with E-state index in [1.165, 1.54) is 51.4 Å². The van der Waals surface area contributed by atoms with Crippen molar-refractivity contribution in [3.8, 4) is 0 Å². The smallest absolute Gasteiger partial charge is 0.0205 e. The Morgan fingerprint density at radius 3 is 2.24 bits per heavy atom. The van der Waals surface area contributed by atoms with Gasteiger partial charge in [0.1, 0.15) is 0 Å². The first-order chi connectivity index (χ1) is 8.24. The summed E-state index contributed by atoms with van der Waals surface area (Å²) < 4.78 is 0. The summed E-state index contributed by atoms with van der Waals surface area (Å²) in [5, 5.41) is 0. The van der Waals surface area contributed by atoms with Gasteiger partial charge in [-0.3, -0.25) is 0 Å². The van der Waals surface area contributed by atoms with Crippen LogP contribution in [0.5, 0.6) is 0 Å². The SMILES string of the molecule is C=CC(CCCCC)C(CCCC)C1CC1C. The van der Waals surface area contributed by atoms with Crippen LogP contribution in [-0.2, 0) is 0 Å². The molecular weight excluding hydrogens is 204 g/mol. The van der Waals surface area contributed by atoms with Crippen LogP contribution in [-0.4, -0.2) is 0 Å². The van der Waals surface area contributed by atoms with Gasteiger partial charge in [-0.25, -0.2) is 0 Å². The van der Waals surface area contributed by atoms with Gasteiger partial charge in [-0.05, 0) is 42.9 Å². The molecule has 4 atom stereocenters. The summed E-state index contributed by atoms with van der Waals surface area (Å²) >= 11 is 0. The maximum Gasteiger partial charge on any atom is -0.0205 e. The molecule has 100 valence electrons. The lowest BCUT2D eigenvalue weighted by molar-refractivity contribution is 0.288. The topological polar surface area (TPSA) is 0 Å². The van der Waals surface area contributed by atoms with E-state index in [1.807, 2.05) is 0 Å². The Labute approximate surface area is 109 Å². The molecule has 17 heavy (non-hydrogen) atoms. The van der Waals surface area contributed by atoms with Crippen LogP contribution in [0.4, 0.5) is 0 Å². The van der Waals surface area contributed by atoms with Crippen molar-refractivity contribution in [2.24, 2.45) is 23.7 Å². The molecule has 0 N–H and O–H groups in total. The van der Waals surface area contributed by atoms with E-state index in [0.717, 1.165) is 23.7 Å². The molecule has 4 unspecified atom stereocenters. The Hall–Kier alpha value is -0.260. The van der Waals surface area contributed by atoms with Crippen LogP contribution < -0.4 is 0 Å². The predicted octanol–water partition coefficient (Wildman–Crippen LogP) is 5.83. The summed E-state index contributed by atoms with van der Waals surface area (Å²) in [4.78, 5) is 0. The number of unbranched alkanes of at least 4 members (excludes halogenated alkanes) is 3. The Morgan fingerprint density at radius 2 is 1.76 bits per heavy atom. The van der Waals surface area contributed by atoms with Crippen LogP contribution in [0.3, 0.4) is 0 Å². The maximum atomic E-state index is 4.10. The highest BCUT2D eigenvalue weighted by Gasteiger charge is 2.41. The highest BCUT2D eigenvalue weighted by Crippen LogP contribution is 2.49. The summed E-state index contributed by atoms with van der Waals surface area (Å²) in [6.45, 7) is 11.1. The van der Waals surface area contributed by atoms with Crippen LogP contribution >= 0.6 is 0 Å². The summed E-state index contributed by atoms with van der Waals surface area (Å²) in [5.74, 6) is 3.75. The van der Waals surface area contributed by atoms with Gasteiger partial charge in [0.15, 0.2) is 0 Å². The summed E-state index contributed by atoms with van der Waals surface area (Å²) in [6, 6.07) is 0. The Balaban J connectivity index is 2.43. The lowest BCUT2D eigenvalue weighted by atomic mass is 9.80. The average Bonchev–Trinajstić information content (AvgIpc) is 3.04. The summed E-state index contributed by atoms with van der Waals surface area (Å²) in [7, 11) is 0. The molecule has 0 aliphatic heterocycles. The zero-order chi connectivity index (χ0) is 12.7. The van der Waals surface area contributed by atoms with Gasteiger partial charge in [0, 0.05) is 0 Å². The number of allylic oxidation sites excluding steroid dienone is 1. The molecule has 0 bridgehead atoms. The second-order valence-corrected chi connectivity index (χ2v) is 6.08. The van der Waals surface area contributed by atoms with Crippen molar-refractivity contribution in [2.45, 2.75) is 72.1 Å². The third-order valence-electron chi connectivity index (χ3n) is 4.61. The number of rotatable bonds is 10. The summed E-state index contributed by atoms with van der Waals surface area (Å²) in [6.07, 6.45) is 13.4. The molecule has 0 spiro atoms. The second kappa shape index (κ2) is 7.95. The van der Waals surface area contributed by atoms with E-state index in [9.17, 15) is 0 Å². The van der Waals surface area contributed by atoms with Gasteiger partial charge < -0.3 is 0 Å². The quantitative estimate of drug-likeness (QED) is 0.330. The van der Waals surface area contributed by atoms with E-state index in [2.05, 4.69) is 33.4 Å². The lowest BCUT2D eigenvalue weighted by Gasteiger charge is -2.25. The fraction of sp³-hybridized carbons (Fsp3) is 0.882. The van der Waals surface area contributed by atoms with Gasteiger partial charge in [0.05, 0.1) is 0 Å². The fourth-order valence-corrected chi connectivity index (χ4v) is 3.27. The molecule has 0 amide bonds. The molecule has 0 aromatic heterocycles. The second-order valence-electron chi connectivity index (χ2n) is 6.08. The minimum Gasteiger partial charge on any atom is -0.103 e. The molecule has 1 aliphatic carbocycles. The van der Waals surface area contributed by atoms with E-state index >= 15 is 0 Å². The van der Waals surface area contributed by atoms with Crippen molar-refractivity contribution in [1.29, 1.82) is 0 Å². The largest absolute Gasteiger partial charge is 0.103 e. The van der Waals surface area contributed by atoms with Crippen LogP contribution in [0.25, 0.3) is 0 Å². The normalized spacial score (nSPS) is 26.5. The minimum atomic E-state index is 0.794. The lowest BCUT2D eigenvalue weighted by Crippen LogP contribution is -2.16. The third-order valence-corrected chi connectivity index (χ3v) is 4.61. The monoisotopic (exact) mass is 236 g/mol. The van der Waals surface area contributed by atoms with Crippen LogP contribution in [0.1, 0.15) is 72.1 Å². The first-order valence-corrected chi connectivity index (χ1v) is 7.87. The van der Waals surface area contributed by atoms with Gasteiger partial charge in [0.25, 0.3) is 0 Å². The van der Waals surface area contributed by atoms with Crippen molar-refractivity contribution < 1.29 is 0 Å². The van der Waals surface area contributed by atoms with E-state index in [0.29, 0.717) is 0 Å². The Morgan fingerprint density at radius 1 is 1.12 bits per heavy atom. The van der Waals surface area contributed by atoms with E-state index in [4.69, 9.17) is 0 Å². The van der Waals surface area contributed by atoms with Gasteiger partial charge >= 0.3 is 0 Å².